The van der Waals surface area contributed by atoms with E-state index in [9.17, 15) is 14.4 Å². The minimum absolute atomic E-state index is 0.0914. The first kappa shape index (κ1) is 63.8. The Labute approximate surface area is 418 Å². The zero-order valence-electron chi connectivity index (χ0n) is 43.8. The number of rotatable bonds is 48. The zero-order chi connectivity index (χ0) is 49.3. The summed E-state index contributed by atoms with van der Waals surface area (Å²) in [5.74, 6) is -0.951. The molecule has 0 aromatic carbocycles. The number of allylic oxidation sites excluding steroid dienone is 20. The largest absolute Gasteiger partial charge is 0.462 e. The topological polar surface area (TPSA) is 78.9 Å². The third-order valence-electron chi connectivity index (χ3n) is 11.2. The number of esters is 3. The van der Waals surface area contributed by atoms with Crippen LogP contribution in [0.5, 0.6) is 0 Å². The van der Waals surface area contributed by atoms with Crippen LogP contribution >= 0.6 is 0 Å². The van der Waals surface area contributed by atoms with Crippen LogP contribution in [0.1, 0.15) is 233 Å². The van der Waals surface area contributed by atoms with Crippen LogP contribution in [0.15, 0.2) is 122 Å². The van der Waals surface area contributed by atoms with Crippen LogP contribution in [-0.4, -0.2) is 37.2 Å². The minimum Gasteiger partial charge on any atom is -0.462 e. The Morgan fingerprint density at radius 2 is 0.574 bits per heavy atom. The second-order valence-corrected chi connectivity index (χ2v) is 17.8. The molecule has 0 fully saturated rings. The molecule has 0 heterocycles. The summed E-state index contributed by atoms with van der Waals surface area (Å²) in [5.41, 5.74) is 0. The van der Waals surface area contributed by atoms with Crippen molar-refractivity contribution in [3.05, 3.63) is 122 Å². The van der Waals surface area contributed by atoms with Crippen molar-refractivity contribution < 1.29 is 28.6 Å². The van der Waals surface area contributed by atoms with E-state index in [4.69, 9.17) is 14.2 Å². The van der Waals surface area contributed by atoms with E-state index in [-0.39, 0.29) is 31.1 Å². The molecule has 0 aliphatic rings. The van der Waals surface area contributed by atoms with Gasteiger partial charge in [0.05, 0.1) is 0 Å². The Hall–Kier alpha value is -4.19. The number of ether oxygens (including phenoxy) is 3. The van der Waals surface area contributed by atoms with Gasteiger partial charge in [0.1, 0.15) is 13.2 Å². The smallest absolute Gasteiger partial charge is 0.306 e. The van der Waals surface area contributed by atoms with Crippen molar-refractivity contribution in [2.75, 3.05) is 13.2 Å². The molecule has 0 amide bonds. The first-order valence-electron chi connectivity index (χ1n) is 27.5. The Bertz CT molecular complexity index is 1450. The average molecular weight is 941 g/mol. The number of carbonyl (C=O) groups excluding carboxylic acids is 3. The SMILES string of the molecule is CC/C=C\C/C=C\C/C=C\C/C=C\C/C=C\C/C=C\C/C=C\C/C=C\C/C=C\C/C=C\CCCCC(=O)OCC(COC(=O)CCCCCCCCCC)OC(=O)CCCCCCCCCCC. The van der Waals surface area contributed by atoms with E-state index in [1.165, 1.54) is 70.6 Å². The van der Waals surface area contributed by atoms with Crippen molar-refractivity contribution in [2.45, 2.75) is 239 Å². The van der Waals surface area contributed by atoms with Gasteiger partial charge in [0, 0.05) is 19.3 Å². The molecule has 0 radical (unpaired) electrons. The molecule has 0 spiro atoms. The second-order valence-electron chi connectivity index (χ2n) is 17.8. The number of carbonyl (C=O) groups is 3. The fourth-order valence-corrected chi connectivity index (χ4v) is 7.12. The molecule has 0 bridgehead atoms. The van der Waals surface area contributed by atoms with E-state index in [0.29, 0.717) is 19.3 Å². The first-order valence-corrected chi connectivity index (χ1v) is 27.5. The predicted octanol–water partition coefficient (Wildman–Crippen LogP) is 18.5. The van der Waals surface area contributed by atoms with Gasteiger partial charge in [0.15, 0.2) is 6.10 Å². The summed E-state index contributed by atoms with van der Waals surface area (Å²) in [7, 11) is 0. The van der Waals surface area contributed by atoms with Crippen LogP contribution in [0.4, 0.5) is 0 Å². The molecule has 0 saturated carbocycles. The molecule has 0 aromatic heterocycles. The lowest BCUT2D eigenvalue weighted by atomic mass is 10.1. The third-order valence-corrected chi connectivity index (χ3v) is 11.2. The maximum absolute atomic E-state index is 12.7. The molecule has 384 valence electrons. The van der Waals surface area contributed by atoms with Gasteiger partial charge in [-0.05, 0) is 96.3 Å². The summed E-state index contributed by atoms with van der Waals surface area (Å²) in [6, 6.07) is 0. The van der Waals surface area contributed by atoms with Crippen molar-refractivity contribution >= 4 is 17.9 Å². The van der Waals surface area contributed by atoms with Crippen LogP contribution in [-0.2, 0) is 28.6 Å². The molecule has 1 unspecified atom stereocenters. The van der Waals surface area contributed by atoms with E-state index in [2.05, 4.69) is 142 Å². The molecular weight excluding hydrogens is 841 g/mol. The Morgan fingerprint density at radius 1 is 0.309 bits per heavy atom. The first-order chi connectivity index (χ1) is 33.5. The standard InChI is InChI=1S/C62H100O6/c1-4-7-10-13-16-19-20-21-22-23-24-25-26-27-28-29-30-31-32-33-34-35-36-37-38-39-40-41-42-44-46-49-52-55-61(64)67-58-59(57-66-60(63)54-51-48-45-18-15-12-9-6-3)68-62(65)56-53-50-47-43-17-14-11-8-5-2/h7,10,16,19,21-22,24-25,27-28,30-31,33-34,36-37,39-40,42,44,59H,4-6,8-9,11-15,17-18,20,23,26,29,32,35,38,41,43,45-58H2,1-3H3/b10-7-,19-16-,22-21-,25-24-,28-27-,31-30-,34-33-,37-36-,40-39-,44-42-. The number of hydrogen-bond acceptors (Lipinski definition) is 6. The van der Waals surface area contributed by atoms with Crippen LogP contribution in [0.2, 0.25) is 0 Å². The normalized spacial score (nSPS) is 13.0. The van der Waals surface area contributed by atoms with Gasteiger partial charge in [-0.3, -0.25) is 14.4 Å². The van der Waals surface area contributed by atoms with Crippen LogP contribution in [0.25, 0.3) is 0 Å². The monoisotopic (exact) mass is 941 g/mol. The summed E-state index contributed by atoms with van der Waals surface area (Å²) in [6.45, 7) is 6.42. The highest BCUT2D eigenvalue weighted by Crippen LogP contribution is 2.13. The van der Waals surface area contributed by atoms with Gasteiger partial charge in [-0.15, -0.1) is 0 Å². The van der Waals surface area contributed by atoms with Crippen molar-refractivity contribution in [3.8, 4) is 0 Å². The Kier molecular flexibility index (Phi) is 52.0. The summed E-state index contributed by atoms with van der Waals surface area (Å²) in [5, 5.41) is 0. The molecule has 0 aliphatic carbocycles. The lowest BCUT2D eigenvalue weighted by Gasteiger charge is -2.18. The Balaban J connectivity index is 4.20. The molecule has 0 aliphatic heterocycles. The van der Waals surface area contributed by atoms with Gasteiger partial charge < -0.3 is 14.2 Å². The molecule has 0 rings (SSSR count). The highest BCUT2D eigenvalue weighted by atomic mass is 16.6. The summed E-state index contributed by atoms with van der Waals surface area (Å²) in [4.78, 5) is 37.7. The van der Waals surface area contributed by atoms with Crippen LogP contribution in [0.3, 0.4) is 0 Å². The highest BCUT2D eigenvalue weighted by Gasteiger charge is 2.19. The van der Waals surface area contributed by atoms with Gasteiger partial charge >= 0.3 is 17.9 Å². The van der Waals surface area contributed by atoms with Crippen LogP contribution in [0, 0.1) is 0 Å². The van der Waals surface area contributed by atoms with E-state index in [1.807, 2.05) is 0 Å². The zero-order valence-corrected chi connectivity index (χ0v) is 43.8. The molecule has 6 heteroatoms. The maximum atomic E-state index is 12.7. The predicted molar refractivity (Wildman–Crippen MR) is 293 cm³/mol. The lowest BCUT2D eigenvalue weighted by Crippen LogP contribution is -2.30. The van der Waals surface area contributed by atoms with E-state index in [0.717, 1.165) is 122 Å². The molecule has 0 aromatic rings. The maximum Gasteiger partial charge on any atom is 0.306 e. The summed E-state index contributed by atoms with van der Waals surface area (Å²) in [6.07, 6.45) is 76.5. The van der Waals surface area contributed by atoms with E-state index in [1.54, 1.807) is 0 Å². The third kappa shape index (κ3) is 52.8. The molecule has 1 atom stereocenters. The average Bonchev–Trinajstić information content (AvgIpc) is 3.34. The lowest BCUT2D eigenvalue weighted by molar-refractivity contribution is -0.167. The van der Waals surface area contributed by atoms with Crippen molar-refractivity contribution in [1.29, 1.82) is 0 Å². The van der Waals surface area contributed by atoms with Crippen molar-refractivity contribution in [2.24, 2.45) is 0 Å². The quantitative estimate of drug-likeness (QED) is 0.0262. The van der Waals surface area contributed by atoms with Gasteiger partial charge in [0.2, 0.25) is 0 Å². The summed E-state index contributed by atoms with van der Waals surface area (Å²) >= 11 is 0. The molecular formula is C62H100O6. The molecule has 6 nitrogen and oxygen atoms in total. The number of unbranched alkanes of at least 4 members (excludes halogenated alkanes) is 17. The molecule has 0 N–H and O–H groups in total. The second kappa shape index (κ2) is 55.4. The molecule has 68 heavy (non-hydrogen) atoms. The van der Waals surface area contributed by atoms with Gasteiger partial charge in [-0.2, -0.15) is 0 Å². The molecule has 0 saturated heterocycles. The fraction of sp³-hybridized carbons (Fsp3) is 0.629. The van der Waals surface area contributed by atoms with E-state index >= 15 is 0 Å². The minimum atomic E-state index is -0.791. The van der Waals surface area contributed by atoms with E-state index < -0.39 is 6.10 Å². The van der Waals surface area contributed by atoms with Crippen molar-refractivity contribution in [1.82, 2.24) is 0 Å². The van der Waals surface area contributed by atoms with Crippen LogP contribution < -0.4 is 0 Å². The highest BCUT2D eigenvalue weighted by molar-refractivity contribution is 5.71. The number of hydrogen-bond donors (Lipinski definition) is 0. The Morgan fingerprint density at radius 3 is 0.897 bits per heavy atom. The van der Waals surface area contributed by atoms with Crippen molar-refractivity contribution in [3.63, 3.8) is 0 Å². The van der Waals surface area contributed by atoms with Gasteiger partial charge in [-0.25, -0.2) is 0 Å². The summed E-state index contributed by atoms with van der Waals surface area (Å²) < 4.78 is 16.7. The van der Waals surface area contributed by atoms with Gasteiger partial charge in [-0.1, -0.05) is 239 Å². The van der Waals surface area contributed by atoms with Gasteiger partial charge in [0.25, 0.3) is 0 Å². The fourth-order valence-electron chi connectivity index (χ4n) is 7.12.